The highest BCUT2D eigenvalue weighted by Gasteiger charge is 1.79. The van der Waals surface area contributed by atoms with E-state index < -0.39 is 0 Å². The summed E-state index contributed by atoms with van der Waals surface area (Å²) in [7, 11) is 0. The Morgan fingerprint density at radius 1 is 0.667 bits per heavy atom. The van der Waals surface area contributed by atoms with E-state index in [-0.39, 0.29) is 0 Å². The molecule has 0 saturated heterocycles. The van der Waals surface area contributed by atoms with Crippen LogP contribution in [0.3, 0.4) is 0 Å². The monoisotopic (exact) mass is 282 g/mol. The van der Waals surface area contributed by atoms with Gasteiger partial charge in [0.05, 0.1) is 0 Å². The molecule has 0 aromatic heterocycles. The van der Waals surface area contributed by atoms with Crippen molar-refractivity contribution in [3.8, 4) is 12.3 Å². The number of terminal acetylenes is 1. The lowest BCUT2D eigenvalue weighted by atomic mass is 10.2. The van der Waals surface area contributed by atoms with Crippen molar-refractivity contribution in [3.63, 3.8) is 0 Å². The first kappa shape index (κ1) is 19.3. The Bertz CT molecular complexity index is 383. The molecule has 114 valence electrons. The van der Waals surface area contributed by atoms with E-state index in [9.17, 15) is 0 Å². The minimum Gasteiger partial charge on any atom is -0.120 e. The fourth-order valence-corrected chi connectivity index (χ4v) is 1.69. The second kappa shape index (κ2) is 18.3. The first-order valence-corrected chi connectivity index (χ1v) is 8.10. The Balaban J connectivity index is 3.44. The van der Waals surface area contributed by atoms with Gasteiger partial charge in [0.2, 0.25) is 0 Å². The predicted octanol–water partition coefficient (Wildman–Crippen LogP) is 6.54. The van der Waals surface area contributed by atoms with E-state index >= 15 is 0 Å². The summed E-state index contributed by atoms with van der Waals surface area (Å²) in [5, 5.41) is 0. The van der Waals surface area contributed by atoms with E-state index in [1.807, 2.05) is 0 Å². The Kier molecular flexibility index (Phi) is 16.7. The number of rotatable bonds is 12. The summed E-state index contributed by atoms with van der Waals surface area (Å²) < 4.78 is 0. The molecule has 0 spiro atoms. The van der Waals surface area contributed by atoms with Gasteiger partial charge in [0.15, 0.2) is 0 Å². The Labute approximate surface area is 132 Å². The van der Waals surface area contributed by atoms with E-state index in [0.717, 1.165) is 51.4 Å². The van der Waals surface area contributed by atoms with Crippen LogP contribution in [-0.4, -0.2) is 0 Å². The van der Waals surface area contributed by atoms with Gasteiger partial charge in [-0.3, -0.25) is 0 Å². The van der Waals surface area contributed by atoms with Gasteiger partial charge in [-0.2, -0.15) is 0 Å². The molecule has 21 heavy (non-hydrogen) atoms. The lowest BCUT2D eigenvalue weighted by Gasteiger charge is -1.87. The van der Waals surface area contributed by atoms with Gasteiger partial charge in [-0.1, -0.05) is 67.7 Å². The van der Waals surface area contributed by atoms with E-state index in [4.69, 9.17) is 6.42 Å². The fourth-order valence-electron chi connectivity index (χ4n) is 1.69. The third-order valence-electron chi connectivity index (χ3n) is 2.85. The molecule has 0 unspecified atom stereocenters. The van der Waals surface area contributed by atoms with E-state index in [1.54, 1.807) is 0 Å². The number of hydrogen-bond acceptors (Lipinski definition) is 0. The molecular formula is C21H30. The van der Waals surface area contributed by atoms with Gasteiger partial charge in [0.25, 0.3) is 0 Å². The van der Waals surface area contributed by atoms with Crippen LogP contribution in [-0.2, 0) is 0 Å². The van der Waals surface area contributed by atoms with Crippen molar-refractivity contribution in [1.29, 1.82) is 0 Å². The molecule has 0 N–H and O–H groups in total. The maximum Gasteiger partial charge on any atom is 0.00890 e. The highest BCUT2D eigenvalue weighted by Crippen LogP contribution is 1.98. The van der Waals surface area contributed by atoms with E-state index in [0.29, 0.717) is 0 Å². The summed E-state index contributed by atoms with van der Waals surface area (Å²) in [4.78, 5) is 0. The molecule has 0 amide bonds. The average Bonchev–Trinajstić information content (AvgIpc) is 2.50. The topological polar surface area (TPSA) is 0 Å². The Morgan fingerprint density at radius 2 is 1.10 bits per heavy atom. The van der Waals surface area contributed by atoms with Crippen molar-refractivity contribution in [1.82, 2.24) is 0 Å². The molecular weight excluding hydrogens is 252 g/mol. The molecule has 0 bridgehead atoms. The standard InChI is InChI=1S/C21H30/c1-3-5-7-9-11-13-15-17-19-21-20-18-16-14-12-10-8-6-4-2/h1,6,8,11-14,17-20H,4-5,7,9-10,15-16,21H2,2H3/b8-6-,13-11-,14-12-,19-17-,20-18-. The molecule has 0 rings (SSSR count). The molecule has 0 nitrogen and oxygen atoms in total. The average molecular weight is 282 g/mol. The third kappa shape index (κ3) is 18.3. The summed E-state index contributed by atoms with van der Waals surface area (Å²) in [5.74, 6) is 2.66. The molecule has 0 aliphatic rings. The van der Waals surface area contributed by atoms with Crippen molar-refractivity contribution < 1.29 is 0 Å². The lowest BCUT2D eigenvalue weighted by molar-refractivity contribution is 0.883. The molecule has 0 aliphatic carbocycles. The summed E-state index contributed by atoms with van der Waals surface area (Å²) >= 11 is 0. The molecule has 0 radical (unpaired) electrons. The van der Waals surface area contributed by atoms with E-state index in [2.05, 4.69) is 73.6 Å². The third-order valence-corrected chi connectivity index (χ3v) is 2.85. The van der Waals surface area contributed by atoms with Crippen LogP contribution in [0.1, 0.15) is 58.3 Å². The zero-order valence-electron chi connectivity index (χ0n) is 13.5. The van der Waals surface area contributed by atoms with Crippen LogP contribution in [0.5, 0.6) is 0 Å². The molecule has 0 heterocycles. The van der Waals surface area contributed by atoms with Crippen LogP contribution in [0.25, 0.3) is 0 Å². The van der Waals surface area contributed by atoms with Crippen LogP contribution < -0.4 is 0 Å². The van der Waals surface area contributed by atoms with Crippen LogP contribution in [0, 0.1) is 12.3 Å². The van der Waals surface area contributed by atoms with Gasteiger partial charge in [-0.05, 0) is 44.9 Å². The SMILES string of the molecule is C#CCCC/C=C\C/C=C\C/C=C\C/C=C\C/C=C\CC. The molecule has 0 aliphatic heterocycles. The van der Waals surface area contributed by atoms with Gasteiger partial charge in [0, 0.05) is 6.42 Å². The maximum atomic E-state index is 5.20. The van der Waals surface area contributed by atoms with Crippen LogP contribution in [0.4, 0.5) is 0 Å². The Morgan fingerprint density at radius 3 is 1.52 bits per heavy atom. The van der Waals surface area contributed by atoms with Gasteiger partial charge in [-0.25, -0.2) is 0 Å². The predicted molar refractivity (Wildman–Crippen MR) is 97.1 cm³/mol. The first-order chi connectivity index (χ1) is 10.4. The largest absolute Gasteiger partial charge is 0.120 e. The number of unbranched alkanes of at least 4 members (excludes halogenated alkanes) is 2. The minimum atomic E-state index is 0.883. The van der Waals surface area contributed by atoms with Gasteiger partial charge >= 0.3 is 0 Å². The van der Waals surface area contributed by atoms with Crippen LogP contribution in [0.15, 0.2) is 60.8 Å². The van der Waals surface area contributed by atoms with Gasteiger partial charge < -0.3 is 0 Å². The smallest absolute Gasteiger partial charge is 0.00890 e. The molecule has 0 atom stereocenters. The summed E-state index contributed by atoms with van der Waals surface area (Å²) in [6.07, 6.45) is 35.7. The molecule has 0 heteroatoms. The van der Waals surface area contributed by atoms with Crippen molar-refractivity contribution in [2.45, 2.75) is 58.3 Å². The second-order valence-corrected chi connectivity index (χ2v) is 4.80. The quantitative estimate of drug-likeness (QED) is 0.216. The minimum absolute atomic E-state index is 0.883. The molecule has 0 aromatic carbocycles. The number of hydrogen-bond donors (Lipinski definition) is 0. The zero-order valence-corrected chi connectivity index (χ0v) is 13.5. The van der Waals surface area contributed by atoms with Crippen molar-refractivity contribution >= 4 is 0 Å². The lowest BCUT2D eigenvalue weighted by Crippen LogP contribution is -1.68. The fraction of sp³-hybridized carbons (Fsp3) is 0.429. The van der Waals surface area contributed by atoms with Gasteiger partial charge in [0.1, 0.15) is 0 Å². The summed E-state index contributed by atoms with van der Waals surface area (Å²) in [6, 6.07) is 0. The molecule has 0 fully saturated rings. The first-order valence-electron chi connectivity index (χ1n) is 8.10. The summed E-state index contributed by atoms with van der Waals surface area (Å²) in [5.41, 5.74) is 0. The maximum absolute atomic E-state index is 5.20. The second-order valence-electron chi connectivity index (χ2n) is 4.80. The van der Waals surface area contributed by atoms with Crippen molar-refractivity contribution in [2.75, 3.05) is 0 Å². The molecule has 0 aromatic rings. The summed E-state index contributed by atoms with van der Waals surface area (Å²) in [6.45, 7) is 2.16. The normalized spacial score (nSPS) is 12.6. The van der Waals surface area contributed by atoms with E-state index in [1.165, 1.54) is 0 Å². The van der Waals surface area contributed by atoms with Crippen LogP contribution >= 0.6 is 0 Å². The molecule has 0 saturated carbocycles. The number of allylic oxidation sites excluding steroid dienone is 10. The highest BCUT2D eigenvalue weighted by molar-refractivity contribution is 5.00. The Hall–Kier alpha value is -1.74. The highest BCUT2D eigenvalue weighted by atomic mass is 13.8. The zero-order chi connectivity index (χ0) is 15.4. The van der Waals surface area contributed by atoms with Crippen LogP contribution in [0.2, 0.25) is 0 Å². The van der Waals surface area contributed by atoms with Gasteiger partial charge in [-0.15, -0.1) is 12.3 Å². The van der Waals surface area contributed by atoms with Crippen molar-refractivity contribution in [2.24, 2.45) is 0 Å². The van der Waals surface area contributed by atoms with Crippen molar-refractivity contribution in [3.05, 3.63) is 60.8 Å².